The van der Waals surface area contributed by atoms with Gasteiger partial charge in [0.15, 0.2) is 0 Å². The van der Waals surface area contributed by atoms with Crippen LogP contribution in [0, 0.1) is 27.7 Å². The molecule has 1 heteroatoms. The van der Waals surface area contributed by atoms with Crippen molar-refractivity contribution in [3.05, 3.63) is 65.0 Å². The Morgan fingerprint density at radius 1 is 0.688 bits per heavy atom. The quantitative estimate of drug-likeness (QED) is 0.644. The summed E-state index contributed by atoms with van der Waals surface area (Å²) in [6.07, 6.45) is 1.81. The summed E-state index contributed by atoms with van der Waals surface area (Å²) in [5, 5.41) is 0. The van der Waals surface area contributed by atoms with E-state index in [0.29, 0.717) is 0 Å². The summed E-state index contributed by atoms with van der Waals surface area (Å²) in [5.74, 6) is 0. The van der Waals surface area contributed by atoms with E-state index in [1.807, 2.05) is 19.2 Å². The van der Waals surface area contributed by atoms with Crippen molar-refractivity contribution in [2.45, 2.75) is 27.7 Å². The maximum absolute atomic E-state index is 4.08. The molecule has 0 aliphatic carbocycles. The lowest BCUT2D eigenvalue weighted by atomic mass is 10.1. The van der Waals surface area contributed by atoms with Crippen molar-refractivity contribution in [2.24, 2.45) is 0 Å². The van der Waals surface area contributed by atoms with Gasteiger partial charge in [-0.1, -0.05) is 30.3 Å². The minimum Gasteiger partial charge on any atom is -0.261 e. The molecule has 0 aliphatic rings. The van der Waals surface area contributed by atoms with Gasteiger partial charge in [0.25, 0.3) is 0 Å². The number of hydrogen-bond donors (Lipinski definition) is 0. The van der Waals surface area contributed by atoms with Gasteiger partial charge < -0.3 is 0 Å². The first-order chi connectivity index (χ1) is 7.61. The van der Waals surface area contributed by atoms with Crippen molar-refractivity contribution in [3.63, 3.8) is 0 Å². The molecule has 1 aromatic carbocycles. The van der Waals surface area contributed by atoms with E-state index in [-0.39, 0.29) is 0 Å². The van der Waals surface area contributed by atoms with E-state index in [2.05, 4.69) is 56.1 Å². The minimum absolute atomic E-state index is 1.12. The van der Waals surface area contributed by atoms with Crippen LogP contribution in [-0.2, 0) is 0 Å². The lowest BCUT2D eigenvalue weighted by Gasteiger charge is -1.93. The number of nitrogens with zero attached hydrogens (tertiary/aromatic N) is 1. The fourth-order valence-corrected chi connectivity index (χ4v) is 1.23. The molecular weight excluding hydrogens is 194 g/mol. The van der Waals surface area contributed by atoms with Gasteiger partial charge >= 0.3 is 0 Å². The molecule has 0 saturated carbocycles. The molecule has 1 heterocycles. The van der Waals surface area contributed by atoms with Crippen LogP contribution in [0.15, 0.2) is 42.6 Å². The Bertz CT molecular complexity index is 361. The lowest BCUT2D eigenvalue weighted by molar-refractivity contribution is 1.15. The number of pyridine rings is 1. The van der Waals surface area contributed by atoms with Gasteiger partial charge in [-0.25, -0.2) is 0 Å². The van der Waals surface area contributed by atoms with E-state index in [1.54, 1.807) is 0 Å². The minimum atomic E-state index is 1.12. The van der Waals surface area contributed by atoms with Crippen LogP contribution in [0.4, 0.5) is 0 Å². The Morgan fingerprint density at radius 2 is 1.19 bits per heavy atom. The molecule has 0 fully saturated rings. The second-order valence-corrected chi connectivity index (χ2v) is 3.99. The van der Waals surface area contributed by atoms with Crippen LogP contribution in [0.2, 0.25) is 0 Å². The summed E-state index contributed by atoms with van der Waals surface area (Å²) in [6.45, 7) is 8.31. The third-order valence-corrected chi connectivity index (χ3v) is 2.70. The number of rotatable bonds is 0. The smallest absolute Gasteiger partial charge is 0.0401 e. The molecule has 1 nitrogen and oxygen atoms in total. The molecule has 0 aliphatic heterocycles. The molecule has 84 valence electrons. The van der Waals surface area contributed by atoms with Crippen molar-refractivity contribution < 1.29 is 0 Å². The molecule has 2 aromatic rings. The fourth-order valence-electron chi connectivity index (χ4n) is 1.23. The van der Waals surface area contributed by atoms with Crippen LogP contribution in [0.25, 0.3) is 0 Å². The van der Waals surface area contributed by atoms with E-state index in [9.17, 15) is 0 Å². The first kappa shape index (κ1) is 12.4. The molecule has 1 aromatic heterocycles. The zero-order valence-electron chi connectivity index (χ0n) is 10.5. The molecule has 0 unspecified atom stereocenters. The van der Waals surface area contributed by atoms with Crippen LogP contribution < -0.4 is 0 Å². The van der Waals surface area contributed by atoms with Gasteiger partial charge in [-0.2, -0.15) is 0 Å². The standard InChI is InChI=1S/C8H10.C7H9N/c1-7-5-3-4-6-8(7)2;1-6-4-3-5-8-7(6)2/h3-6H,1-2H3;3-5H,1-2H3. The van der Waals surface area contributed by atoms with Gasteiger partial charge in [-0.05, 0) is 50.5 Å². The molecule has 0 atom stereocenters. The third kappa shape index (κ3) is 3.85. The first-order valence-electron chi connectivity index (χ1n) is 5.51. The van der Waals surface area contributed by atoms with Crippen LogP contribution in [-0.4, -0.2) is 4.98 Å². The number of aromatic nitrogens is 1. The molecule has 2 rings (SSSR count). The highest BCUT2D eigenvalue weighted by molar-refractivity contribution is 5.23. The molecule has 0 bridgehead atoms. The van der Waals surface area contributed by atoms with Gasteiger partial charge in [0.1, 0.15) is 0 Å². The highest BCUT2D eigenvalue weighted by Gasteiger charge is 1.85. The maximum Gasteiger partial charge on any atom is 0.0401 e. The lowest BCUT2D eigenvalue weighted by Crippen LogP contribution is -1.81. The topological polar surface area (TPSA) is 12.9 Å². The van der Waals surface area contributed by atoms with Gasteiger partial charge in [0, 0.05) is 11.9 Å². The Morgan fingerprint density at radius 3 is 1.50 bits per heavy atom. The normalized spacial score (nSPS) is 9.25. The summed E-state index contributed by atoms with van der Waals surface area (Å²) in [4.78, 5) is 4.08. The molecule has 0 spiro atoms. The van der Waals surface area contributed by atoms with Crippen molar-refractivity contribution in [1.82, 2.24) is 4.98 Å². The second-order valence-electron chi connectivity index (χ2n) is 3.99. The second kappa shape index (κ2) is 6.06. The highest BCUT2D eigenvalue weighted by Crippen LogP contribution is 2.02. The average molecular weight is 213 g/mol. The number of benzene rings is 1. The SMILES string of the molecule is Cc1ccccc1C.Cc1cccnc1C. The van der Waals surface area contributed by atoms with Gasteiger partial charge in [0.05, 0.1) is 0 Å². The molecular formula is C15H19N. The van der Waals surface area contributed by atoms with Crippen molar-refractivity contribution in [3.8, 4) is 0 Å². The summed E-state index contributed by atoms with van der Waals surface area (Å²) in [7, 11) is 0. The van der Waals surface area contributed by atoms with E-state index < -0.39 is 0 Å². The van der Waals surface area contributed by atoms with Crippen LogP contribution >= 0.6 is 0 Å². The third-order valence-electron chi connectivity index (χ3n) is 2.70. The summed E-state index contributed by atoms with van der Waals surface area (Å²) < 4.78 is 0. The van der Waals surface area contributed by atoms with Crippen LogP contribution in [0.5, 0.6) is 0 Å². The highest BCUT2D eigenvalue weighted by atomic mass is 14.6. The predicted octanol–water partition coefficient (Wildman–Crippen LogP) is 4.00. The van der Waals surface area contributed by atoms with E-state index in [1.165, 1.54) is 16.7 Å². The zero-order chi connectivity index (χ0) is 12.0. The molecule has 0 radical (unpaired) electrons. The van der Waals surface area contributed by atoms with Gasteiger partial charge in [0.2, 0.25) is 0 Å². The predicted molar refractivity (Wildman–Crippen MR) is 69.6 cm³/mol. The zero-order valence-corrected chi connectivity index (χ0v) is 10.5. The Balaban J connectivity index is 0.000000160. The van der Waals surface area contributed by atoms with E-state index >= 15 is 0 Å². The van der Waals surface area contributed by atoms with E-state index in [4.69, 9.17) is 0 Å². The van der Waals surface area contributed by atoms with Crippen molar-refractivity contribution in [1.29, 1.82) is 0 Å². The Kier molecular flexibility index (Phi) is 4.71. The largest absolute Gasteiger partial charge is 0.261 e. The van der Waals surface area contributed by atoms with E-state index in [0.717, 1.165) is 5.69 Å². The fraction of sp³-hybridized carbons (Fsp3) is 0.267. The number of hydrogen-bond acceptors (Lipinski definition) is 1. The van der Waals surface area contributed by atoms with Crippen molar-refractivity contribution in [2.75, 3.05) is 0 Å². The maximum atomic E-state index is 4.08. The molecule has 0 N–H and O–H groups in total. The Labute approximate surface area is 98.2 Å². The number of aryl methyl sites for hydroxylation is 4. The first-order valence-corrected chi connectivity index (χ1v) is 5.51. The monoisotopic (exact) mass is 213 g/mol. The van der Waals surface area contributed by atoms with Gasteiger partial charge in [-0.15, -0.1) is 0 Å². The summed E-state index contributed by atoms with van der Waals surface area (Å²) >= 11 is 0. The van der Waals surface area contributed by atoms with Gasteiger partial charge in [-0.3, -0.25) is 4.98 Å². The molecule has 16 heavy (non-hydrogen) atoms. The Hall–Kier alpha value is -1.63. The summed E-state index contributed by atoms with van der Waals surface area (Å²) in [6, 6.07) is 12.4. The molecule has 0 saturated heterocycles. The van der Waals surface area contributed by atoms with Crippen molar-refractivity contribution >= 4 is 0 Å². The average Bonchev–Trinajstić information content (AvgIpc) is 2.28. The van der Waals surface area contributed by atoms with Crippen LogP contribution in [0.1, 0.15) is 22.4 Å². The molecule has 0 amide bonds. The summed E-state index contributed by atoms with van der Waals surface area (Å²) in [5.41, 5.74) is 5.11. The van der Waals surface area contributed by atoms with Crippen LogP contribution in [0.3, 0.4) is 0 Å².